The highest BCUT2D eigenvalue weighted by atomic mass is 35.5. The number of hydrogen-bond acceptors (Lipinski definition) is 4. The van der Waals surface area contributed by atoms with E-state index in [9.17, 15) is 4.79 Å². The number of nitrogens with one attached hydrogen (secondary N) is 1. The molecule has 28 heavy (non-hydrogen) atoms. The van der Waals surface area contributed by atoms with E-state index in [1.54, 1.807) is 43.5 Å². The monoisotopic (exact) mass is 392 g/mol. The van der Waals surface area contributed by atoms with Crippen molar-refractivity contribution in [1.82, 2.24) is 0 Å². The van der Waals surface area contributed by atoms with E-state index in [2.05, 4.69) is 15.3 Å². The average molecular weight is 393 g/mol. The Balaban J connectivity index is 1.91. The topological polar surface area (TPSA) is 87.1 Å². The largest absolute Gasteiger partial charge is 0.495 e. The summed E-state index contributed by atoms with van der Waals surface area (Å²) < 4.78 is 5.33. The van der Waals surface area contributed by atoms with Crippen molar-refractivity contribution in [3.8, 4) is 5.75 Å². The molecule has 0 aliphatic carbocycles. The molecular weight excluding hydrogens is 376 g/mol. The maximum atomic E-state index is 13.0. The number of aryl methyl sites for hydroxylation is 1. The molecule has 0 saturated carbocycles. The van der Waals surface area contributed by atoms with E-state index in [4.69, 9.17) is 21.9 Å². The van der Waals surface area contributed by atoms with Gasteiger partial charge < -0.3 is 10.1 Å². The van der Waals surface area contributed by atoms with Crippen molar-refractivity contribution in [2.24, 2.45) is 5.11 Å². The molecule has 0 amide bonds. The molecule has 0 atom stereocenters. The summed E-state index contributed by atoms with van der Waals surface area (Å²) in [5.74, 6) is 0.464. The highest BCUT2D eigenvalue weighted by molar-refractivity contribution is 6.35. The Morgan fingerprint density at radius 1 is 1.11 bits per heavy atom. The number of hydrogen-bond donors (Lipinski definition) is 1. The van der Waals surface area contributed by atoms with E-state index in [1.165, 1.54) is 0 Å². The first kappa shape index (κ1) is 19.3. The lowest BCUT2D eigenvalue weighted by molar-refractivity contribution is 0.103. The second kappa shape index (κ2) is 8.48. The van der Waals surface area contributed by atoms with Gasteiger partial charge in [0.1, 0.15) is 5.75 Å². The number of nitrogens with zero attached hydrogens (tertiary/aromatic N) is 3. The Labute approximate surface area is 167 Å². The zero-order valence-electron chi connectivity index (χ0n) is 15.3. The van der Waals surface area contributed by atoms with E-state index in [0.29, 0.717) is 27.6 Å². The first-order chi connectivity index (χ1) is 13.5. The molecule has 0 aromatic heterocycles. The third kappa shape index (κ3) is 4.09. The number of carbonyl (C=O) groups is 1. The first-order valence-electron chi connectivity index (χ1n) is 8.43. The third-order valence-corrected chi connectivity index (χ3v) is 4.54. The molecule has 0 bridgehead atoms. The second-order valence-electron chi connectivity index (χ2n) is 6.04. The van der Waals surface area contributed by atoms with Crippen LogP contribution in [0.5, 0.6) is 5.75 Å². The molecule has 3 rings (SSSR count). The van der Waals surface area contributed by atoms with Crippen LogP contribution in [0.4, 0.5) is 17.1 Å². The van der Waals surface area contributed by atoms with Gasteiger partial charge in [0.15, 0.2) is 5.78 Å². The van der Waals surface area contributed by atoms with Gasteiger partial charge in [-0.15, -0.1) is 0 Å². The summed E-state index contributed by atoms with van der Waals surface area (Å²) in [5, 5.41) is 7.11. The summed E-state index contributed by atoms with van der Waals surface area (Å²) in [7, 11) is 1.60. The van der Waals surface area contributed by atoms with Crippen LogP contribution in [0.25, 0.3) is 10.4 Å². The SMILES string of the molecule is COc1ccccc1Nc1ccc(C(=O)c2cc(N=[N+]=[N-])ccc2C)c(Cl)c1. The fraction of sp³-hybridized carbons (Fsp3) is 0.0952. The van der Waals surface area contributed by atoms with Gasteiger partial charge in [-0.3, -0.25) is 4.79 Å². The fourth-order valence-electron chi connectivity index (χ4n) is 2.79. The Bertz CT molecular complexity index is 1090. The Hall–Kier alpha value is -3.47. The van der Waals surface area contributed by atoms with Gasteiger partial charge in [0.05, 0.1) is 17.8 Å². The molecule has 0 aliphatic rings. The number of methoxy groups -OCH3 is 1. The van der Waals surface area contributed by atoms with Crippen molar-refractivity contribution in [2.45, 2.75) is 6.92 Å². The summed E-state index contributed by atoms with van der Waals surface area (Å²) in [5.41, 5.74) is 12.1. The normalized spacial score (nSPS) is 10.1. The highest BCUT2D eigenvalue weighted by Crippen LogP contribution is 2.31. The summed E-state index contributed by atoms with van der Waals surface area (Å²) in [4.78, 5) is 15.7. The van der Waals surface area contributed by atoms with Gasteiger partial charge in [-0.05, 0) is 54.4 Å². The van der Waals surface area contributed by atoms with Crippen molar-refractivity contribution >= 4 is 34.4 Å². The summed E-state index contributed by atoms with van der Waals surface area (Å²) in [6, 6.07) is 17.6. The number of ether oxygens (including phenoxy) is 1. The molecule has 0 spiro atoms. The molecule has 0 saturated heterocycles. The Kier molecular flexibility index (Phi) is 5.84. The lowest BCUT2D eigenvalue weighted by Gasteiger charge is -2.13. The Morgan fingerprint density at radius 3 is 2.61 bits per heavy atom. The maximum Gasteiger partial charge on any atom is 0.194 e. The molecule has 7 heteroatoms. The van der Waals surface area contributed by atoms with Crippen molar-refractivity contribution in [2.75, 3.05) is 12.4 Å². The number of halogens is 1. The number of benzene rings is 3. The molecule has 6 nitrogen and oxygen atoms in total. The third-order valence-electron chi connectivity index (χ3n) is 4.23. The van der Waals surface area contributed by atoms with Crippen molar-refractivity contribution in [3.05, 3.63) is 92.8 Å². The summed E-state index contributed by atoms with van der Waals surface area (Å²) in [6.07, 6.45) is 0. The van der Waals surface area contributed by atoms with Gasteiger partial charge >= 0.3 is 0 Å². The Morgan fingerprint density at radius 2 is 1.89 bits per heavy atom. The van der Waals surface area contributed by atoms with Crippen LogP contribution in [0.15, 0.2) is 65.8 Å². The summed E-state index contributed by atoms with van der Waals surface area (Å²) >= 11 is 6.39. The molecule has 140 valence electrons. The van der Waals surface area contributed by atoms with E-state index in [0.717, 1.165) is 16.9 Å². The van der Waals surface area contributed by atoms with E-state index in [-0.39, 0.29) is 5.78 Å². The van der Waals surface area contributed by atoms with Gasteiger partial charge in [0, 0.05) is 27.4 Å². The number of carbonyl (C=O) groups excluding carboxylic acids is 1. The lowest BCUT2D eigenvalue weighted by atomic mass is 9.98. The smallest absolute Gasteiger partial charge is 0.194 e. The minimum atomic E-state index is -0.235. The molecule has 0 fully saturated rings. The molecule has 0 heterocycles. The minimum absolute atomic E-state index is 0.235. The highest BCUT2D eigenvalue weighted by Gasteiger charge is 2.16. The summed E-state index contributed by atoms with van der Waals surface area (Å²) in [6.45, 7) is 1.82. The lowest BCUT2D eigenvalue weighted by Crippen LogP contribution is -2.05. The van der Waals surface area contributed by atoms with Crippen molar-refractivity contribution in [1.29, 1.82) is 0 Å². The molecular formula is C21H17ClN4O2. The van der Waals surface area contributed by atoms with E-state index in [1.807, 2.05) is 31.2 Å². The minimum Gasteiger partial charge on any atom is -0.495 e. The van der Waals surface area contributed by atoms with Crippen LogP contribution in [0, 0.1) is 6.92 Å². The molecule has 0 unspecified atom stereocenters. The maximum absolute atomic E-state index is 13.0. The fourth-order valence-corrected chi connectivity index (χ4v) is 3.06. The van der Waals surface area contributed by atoms with E-state index >= 15 is 0 Å². The van der Waals surface area contributed by atoms with Crippen LogP contribution in [-0.4, -0.2) is 12.9 Å². The van der Waals surface area contributed by atoms with Crippen LogP contribution < -0.4 is 10.1 Å². The number of anilines is 2. The van der Waals surface area contributed by atoms with Crippen LogP contribution in [0.1, 0.15) is 21.5 Å². The number of azide groups is 1. The average Bonchev–Trinajstić information content (AvgIpc) is 2.70. The van der Waals surface area contributed by atoms with Gasteiger partial charge in [0.25, 0.3) is 0 Å². The van der Waals surface area contributed by atoms with Crippen LogP contribution in [0.2, 0.25) is 5.02 Å². The van der Waals surface area contributed by atoms with Gasteiger partial charge in [-0.25, -0.2) is 0 Å². The van der Waals surface area contributed by atoms with Crippen molar-refractivity contribution < 1.29 is 9.53 Å². The molecule has 3 aromatic rings. The van der Waals surface area contributed by atoms with Crippen LogP contribution >= 0.6 is 11.6 Å². The molecule has 3 aromatic carbocycles. The molecule has 1 N–H and O–H groups in total. The van der Waals surface area contributed by atoms with Gasteiger partial charge in [-0.2, -0.15) is 0 Å². The standard InChI is InChI=1S/C21H17ClN4O2/c1-13-7-8-15(25-26-23)11-17(13)21(27)16-10-9-14(12-18(16)22)24-19-5-3-4-6-20(19)28-2/h3-12,24H,1-2H3. The molecule has 0 aliphatic heterocycles. The van der Waals surface area contributed by atoms with Crippen LogP contribution in [-0.2, 0) is 0 Å². The molecule has 0 radical (unpaired) electrons. The first-order valence-corrected chi connectivity index (χ1v) is 8.81. The zero-order chi connectivity index (χ0) is 20.1. The number of para-hydroxylation sites is 2. The predicted octanol–water partition coefficient (Wildman–Crippen LogP) is 6.57. The van der Waals surface area contributed by atoms with Gasteiger partial charge in [-0.1, -0.05) is 41.0 Å². The second-order valence-corrected chi connectivity index (χ2v) is 6.44. The quantitative estimate of drug-likeness (QED) is 0.222. The van der Waals surface area contributed by atoms with E-state index < -0.39 is 0 Å². The number of rotatable bonds is 6. The predicted molar refractivity (Wildman–Crippen MR) is 111 cm³/mol. The van der Waals surface area contributed by atoms with Crippen molar-refractivity contribution in [3.63, 3.8) is 0 Å². The number of ketones is 1. The zero-order valence-corrected chi connectivity index (χ0v) is 16.1. The van der Waals surface area contributed by atoms with Crippen LogP contribution in [0.3, 0.4) is 0 Å². The van der Waals surface area contributed by atoms with Gasteiger partial charge in [0.2, 0.25) is 0 Å².